The molecule has 11 nitrogen and oxygen atoms in total. The lowest BCUT2D eigenvalue weighted by Crippen LogP contribution is -2.50. The van der Waals surface area contributed by atoms with Gasteiger partial charge in [-0.3, -0.25) is 24.4 Å². The number of carbonyl (C=O) groups is 2. The molecule has 220 valence electrons. The van der Waals surface area contributed by atoms with Crippen molar-refractivity contribution in [3.63, 3.8) is 0 Å². The van der Waals surface area contributed by atoms with Crippen LogP contribution in [0.25, 0.3) is 11.1 Å². The van der Waals surface area contributed by atoms with Gasteiger partial charge in [0.25, 0.3) is 11.5 Å². The van der Waals surface area contributed by atoms with Crippen LogP contribution in [0, 0.1) is 12.3 Å². The number of hydrogen-bond donors (Lipinski definition) is 2. The molecular formula is C31H37N7O4. The number of piperazine rings is 1. The quantitative estimate of drug-likeness (QED) is 0.422. The van der Waals surface area contributed by atoms with Crippen LogP contribution in [-0.4, -0.2) is 56.2 Å². The highest BCUT2D eigenvalue weighted by Crippen LogP contribution is 2.36. The van der Waals surface area contributed by atoms with Gasteiger partial charge in [0.1, 0.15) is 23.8 Å². The summed E-state index contributed by atoms with van der Waals surface area (Å²) < 4.78 is 6.94. The third-order valence-electron chi connectivity index (χ3n) is 7.67. The Balaban J connectivity index is 1.57. The van der Waals surface area contributed by atoms with E-state index in [1.807, 2.05) is 13.0 Å². The van der Waals surface area contributed by atoms with Crippen LogP contribution in [0.5, 0.6) is 0 Å². The molecule has 0 atom stereocenters. The fraction of sp³-hybridized carbons (Fsp3) is 0.387. The summed E-state index contributed by atoms with van der Waals surface area (Å²) >= 11 is 0. The molecule has 1 fully saturated rings. The number of esters is 1. The number of fused-ring (bicyclic) bond motifs is 1. The molecule has 3 aromatic rings. The number of aromatic nitrogens is 4. The molecule has 0 spiro atoms. The normalized spacial score (nSPS) is 18.1. The average Bonchev–Trinajstić information content (AvgIpc) is 3.33. The lowest BCUT2D eigenvalue weighted by Gasteiger charge is -2.41. The van der Waals surface area contributed by atoms with Gasteiger partial charge in [-0.25, -0.2) is 4.98 Å². The lowest BCUT2D eigenvalue weighted by molar-refractivity contribution is -0.142. The molecule has 0 aromatic carbocycles. The van der Waals surface area contributed by atoms with E-state index >= 15 is 0 Å². The van der Waals surface area contributed by atoms with Gasteiger partial charge in [-0.2, -0.15) is 5.10 Å². The van der Waals surface area contributed by atoms with Crippen LogP contribution in [0.2, 0.25) is 0 Å². The van der Waals surface area contributed by atoms with Crippen molar-refractivity contribution in [2.45, 2.75) is 47.1 Å². The van der Waals surface area contributed by atoms with E-state index in [0.29, 0.717) is 52.8 Å². The van der Waals surface area contributed by atoms with Crippen molar-refractivity contribution in [2.75, 3.05) is 29.9 Å². The predicted octanol–water partition coefficient (Wildman–Crippen LogP) is 4.19. The summed E-state index contributed by atoms with van der Waals surface area (Å²) in [6, 6.07) is 5.32. The van der Waals surface area contributed by atoms with Crippen molar-refractivity contribution < 1.29 is 14.3 Å². The zero-order valence-electron chi connectivity index (χ0n) is 24.8. The zero-order chi connectivity index (χ0) is 30.2. The van der Waals surface area contributed by atoms with Gasteiger partial charge in [0.05, 0.1) is 0 Å². The SMILES string of the molecule is C=C1/C=C2/C(=O)N(c3nccc(-c4cc(Nc5cc(C)[nH]n5)c(=O)n(C)c4)c3COC(C)=O)CCN2CCC(C)(C)C1. The fourth-order valence-electron chi connectivity index (χ4n) is 5.56. The Labute approximate surface area is 244 Å². The summed E-state index contributed by atoms with van der Waals surface area (Å²) in [6.45, 7) is 13.6. The number of amides is 1. The second kappa shape index (κ2) is 11.3. The van der Waals surface area contributed by atoms with Crippen LogP contribution in [0.4, 0.5) is 17.3 Å². The van der Waals surface area contributed by atoms with Gasteiger partial charge in [0.2, 0.25) is 0 Å². The smallest absolute Gasteiger partial charge is 0.302 e. The Kier molecular flexibility index (Phi) is 7.77. The molecule has 0 unspecified atom stereocenters. The van der Waals surface area contributed by atoms with E-state index in [0.717, 1.165) is 30.7 Å². The molecule has 0 bridgehead atoms. The monoisotopic (exact) mass is 571 g/mol. The summed E-state index contributed by atoms with van der Waals surface area (Å²) in [7, 11) is 1.67. The number of nitrogens with zero attached hydrogens (tertiary/aromatic N) is 5. The number of hydrogen-bond acceptors (Lipinski definition) is 8. The van der Waals surface area contributed by atoms with Crippen molar-refractivity contribution in [3.8, 4) is 11.1 Å². The third-order valence-corrected chi connectivity index (χ3v) is 7.67. The summed E-state index contributed by atoms with van der Waals surface area (Å²) in [5.74, 6) is 0.301. The summed E-state index contributed by atoms with van der Waals surface area (Å²) in [6.07, 6.45) is 6.99. The van der Waals surface area contributed by atoms with Crippen LogP contribution in [0.1, 0.15) is 44.9 Å². The maximum absolute atomic E-state index is 14.0. The van der Waals surface area contributed by atoms with Crippen LogP contribution >= 0.6 is 0 Å². The van der Waals surface area contributed by atoms with Gasteiger partial charge < -0.3 is 19.5 Å². The molecule has 2 N–H and O–H groups in total. The largest absolute Gasteiger partial charge is 0.461 e. The Morgan fingerprint density at radius 1 is 1.21 bits per heavy atom. The molecule has 1 amide bonds. The summed E-state index contributed by atoms with van der Waals surface area (Å²) in [4.78, 5) is 47.3. The number of aryl methyl sites for hydroxylation is 2. The second-order valence-electron chi connectivity index (χ2n) is 11.8. The van der Waals surface area contributed by atoms with E-state index in [-0.39, 0.29) is 23.5 Å². The van der Waals surface area contributed by atoms with Crippen LogP contribution in [0.15, 0.2) is 59.3 Å². The molecule has 0 aliphatic carbocycles. The molecule has 1 saturated heterocycles. The first-order valence-electron chi connectivity index (χ1n) is 14.0. The minimum atomic E-state index is -0.453. The number of allylic oxidation sites excluding steroid dienone is 2. The maximum Gasteiger partial charge on any atom is 0.302 e. The Morgan fingerprint density at radius 2 is 2.00 bits per heavy atom. The Hall–Kier alpha value is -4.67. The van der Waals surface area contributed by atoms with Gasteiger partial charge in [0, 0.05) is 68.9 Å². The summed E-state index contributed by atoms with van der Waals surface area (Å²) in [5.41, 5.74) is 4.49. The average molecular weight is 572 g/mol. The number of anilines is 3. The number of nitrogens with one attached hydrogen (secondary N) is 2. The van der Waals surface area contributed by atoms with Crippen LogP contribution in [0.3, 0.4) is 0 Å². The molecule has 5 rings (SSSR count). The molecule has 0 radical (unpaired) electrons. The van der Waals surface area contributed by atoms with Crippen molar-refractivity contribution in [2.24, 2.45) is 12.5 Å². The first-order valence-corrected chi connectivity index (χ1v) is 14.0. The number of aromatic amines is 1. The molecule has 5 heterocycles. The van der Waals surface area contributed by atoms with E-state index in [9.17, 15) is 14.4 Å². The molecule has 3 aromatic heterocycles. The minimum absolute atomic E-state index is 0.0918. The van der Waals surface area contributed by atoms with E-state index in [1.54, 1.807) is 42.5 Å². The molecule has 42 heavy (non-hydrogen) atoms. The van der Waals surface area contributed by atoms with Crippen molar-refractivity contribution >= 4 is 29.2 Å². The maximum atomic E-state index is 14.0. The third kappa shape index (κ3) is 6.00. The fourth-order valence-corrected chi connectivity index (χ4v) is 5.56. The first kappa shape index (κ1) is 28.8. The Morgan fingerprint density at radius 3 is 2.71 bits per heavy atom. The van der Waals surface area contributed by atoms with E-state index in [1.165, 1.54) is 11.5 Å². The molecular weight excluding hydrogens is 534 g/mol. The highest BCUT2D eigenvalue weighted by Gasteiger charge is 2.35. The first-order chi connectivity index (χ1) is 19.9. The summed E-state index contributed by atoms with van der Waals surface area (Å²) in [5, 5.41) is 10.1. The van der Waals surface area contributed by atoms with Gasteiger partial charge in [0.15, 0.2) is 5.82 Å². The molecule has 2 aliphatic heterocycles. The van der Waals surface area contributed by atoms with Gasteiger partial charge in [-0.15, -0.1) is 0 Å². The standard InChI is InChI=1S/C31H37N7O4/c1-19-13-26-30(41)38(12-11-37(26)10-8-31(4,5)16-19)28-24(18-42-21(3)39)23(7-9-32-28)22-15-25(29(40)36(6)17-22)33-27-14-20(2)34-35-27/h7,9,13-15,17H,1,8,10-12,16,18H2,2-6H3,(H2,33,34,35)/b26-13-. The number of pyridine rings is 2. The van der Waals surface area contributed by atoms with Crippen LogP contribution < -0.4 is 15.8 Å². The molecule has 11 heteroatoms. The highest BCUT2D eigenvalue weighted by molar-refractivity contribution is 6.06. The predicted molar refractivity (Wildman–Crippen MR) is 161 cm³/mol. The number of H-pyrrole nitrogens is 1. The highest BCUT2D eigenvalue weighted by atomic mass is 16.5. The molecule has 0 saturated carbocycles. The van der Waals surface area contributed by atoms with Crippen molar-refractivity contribution in [3.05, 3.63) is 76.1 Å². The number of ether oxygens (including phenoxy) is 1. The zero-order valence-corrected chi connectivity index (χ0v) is 24.8. The van der Waals surface area contributed by atoms with E-state index in [4.69, 9.17) is 4.74 Å². The minimum Gasteiger partial charge on any atom is -0.461 e. The molecule has 2 aliphatic rings. The lowest BCUT2D eigenvalue weighted by atomic mass is 9.81. The van der Waals surface area contributed by atoms with Gasteiger partial charge >= 0.3 is 5.97 Å². The number of rotatable bonds is 6. The van der Waals surface area contributed by atoms with E-state index in [2.05, 4.69) is 45.8 Å². The number of carbonyl (C=O) groups excluding carboxylic acids is 2. The topological polar surface area (TPSA) is 125 Å². The second-order valence-corrected chi connectivity index (χ2v) is 11.8. The van der Waals surface area contributed by atoms with Crippen molar-refractivity contribution in [1.82, 2.24) is 24.6 Å². The van der Waals surface area contributed by atoms with Crippen LogP contribution in [-0.2, 0) is 28.0 Å². The van der Waals surface area contributed by atoms with Crippen molar-refractivity contribution in [1.29, 1.82) is 0 Å². The van der Waals surface area contributed by atoms with Gasteiger partial charge in [-0.05, 0) is 49.0 Å². The van der Waals surface area contributed by atoms with Gasteiger partial charge in [-0.1, -0.05) is 26.0 Å². The van der Waals surface area contributed by atoms with E-state index < -0.39 is 5.97 Å². The Bertz CT molecular complexity index is 1650.